The number of pyridine rings is 1. The highest BCUT2D eigenvalue weighted by Crippen LogP contribution is 2.18. The van der Waals surface area contributed by atoms with E-state index in [2.05, 4.69) is 10.3 Å². The normalized spacial score (nSPS) is 10.1. The monoisotopic (exact) mass is 271 g/mol. The molecule has 0 unspecified atom stereocenters. The van der Waals surface area contributed by atoms with Crippen LogP contribution in [0.2, 0.25) is 0 Å². The van der Waals surface area contributed by atoms with Gasteiger partial charge < -0.3 is 15.8 Å². The van der Waals surface area contributed by atoms with Gasteiger partial charge >= 0.3 is 5.97 Å². The lowest BCUT2D eigenvalue weighted by Gasteiger charge is -2.12. The van der Waals surface area contributed by atoms with Gasteiger partial charge in [-0.1, -0.05) is 12.1 Å². The summed E-state index contributed by atoms with van der Waals surface area (Å²) < 4.78 is 4.73. The Morgan fingerprint density at radius 1 is 1.35 bits per heavy atom. The van der Waals surface area contributed by atoms with Crippen molar-refractivity contribution in [3.63, 3.8) is 0 Å². The molecule has 0 saturated heterocycles. The molecule has 104 valence electrons. The molecule has 5 heteroatoms. The summed E-state index contributed by atoms with van der Waals surface area (Å²) in [6, 6.07) is 9.12. The van der Waals surface area contributed by atoms with Crippen molar-refractivity contribution in [2.24, 2.45) is 0 Å². The number of methoxy groups -OCH3 is 1. The van der Waals surface area contributed by atoms with Crippen LogP contribution >= 0.6 is 0 Å². The van der Waals surface area contributed by atoms with E-state index in [1.165, 1.54) is 7.11 Å². The lowest BCUT2D eigenvalue weighted by Crippen LogP contribution is -2.10. The Morgan fingerprint density at radius 3 is 2.90 bits per heavy atom. The van der Waals surface area contributed by atoms with Crippen LogP contribution in [0.1, 0.15) is 21.5 Å². The van der Waals surface area contributed by atoms with E-state index < -0.39 is 5.97 Å². The zero-order valence-corrected chi connectivity index (χ0v) is 11.5. The number of esters is 1. The summed E-state index contributed by atoms with van der Waals surface area (Å²) in [5.74, 6) is 0.0890. The van der Waals surface area contributed by atoms with Crippen molar-refractivity contribution in [3.05, 3.63) is 53.2 Å². The number of hydrogen-bond donors (Lipinski definition) is 2. The molecule has 0 aliphatic carbocycles. The average molecular weight is 271 g/mol. The highest BCUT2D eigenvalue weighted by Gasteiger charge is 2.12. The van der Waals surface area contributed by atoms with Crippen LogP contribution < -0.4 is 11.1 Å². The van der Waals surface area contributed by atoms with Crippen LogP contribution in [0.3, 0.4) is 0 Å². The number of nitrogen functional groups attached to an aromatic ring is 1. The number of rotatable bonds is 4. The fourth-order valence-electron chi connectivity index (χ4n) is 1.89. The van der Waals surface area contributed by atoms with Gasteiger partial charge in [0, 0.05) is 18.4 Å². The second-order valence-corrected chi connectivity index (χ2v) is 4.38. The van der Waals surface area contributed by atoms with E-state index in [0.717, 1.165) is 16.8 Å². The number of carbonyl (C=O) groups excluding carboxylic acids is 1. The van der Waals surface area contributed by atoms with Gasteiger partial charge in [-0.2, -0.15) is 0 Å². The number of aromatic nitrogens is 1. The molecule has 0 bridgehead atoms. The van der Waals surface area contributed by atoms with Crippen LogP contribution in [0.15, 0.2) is 36.5 Å². The number of anilines is 2. The first-order chi connectivity index (χ1) is 9.63. The van der Waals surface area contributed by atoms with Crippen LogP contribution in [0.5, 0.6) is 0 Å². The highest BCUT2D eigenvalue weighted by atomic mass is 16.5. The molecule has 1 aromatic heterocycles. The molecule has 2 rings (SSSR count). The molecule has 0 saturated carbocycles. The molecular formula is C15H17N3O2. The second-order valence-electron chi connectivity index (χ2n) is 4.38. The SMILES string of the molecule is COC(=O)c1cccnc1NCc1cccc(N)c1C. The Balaban J connectivity index is 2.19. The highest BCUT2D eigenvalue weighted by molar-refractivity contribution is 5.94. The Morgan fingerprint density at radius 2 is 2.15 bits per heavy atom. The molecule has 3 N–H and O–H groups in total. The number of benzene rings is 1. The van der Waals surface area contributed by atoms with E-state index in [1.807, 2.05) is 25.1 Å². The topological polar surface area (TPSA) is 77.2 Å². The second kappa shape index (κ2) is 6.06. The lowest BCUT2D eigenvalue weighted by molar-refractivity contribution is 0.0601. The molecule has 1 heterocycles. The van der Waals surface area contributed by atoms with Gasteiger partial charge in [-0.05, 0) is 36.2 Å². The minimum Gasteiger partial charge on any atom is -0.465 e. The van der Waals surface area contributed by atoms with E-state index in [9.17, 15) is 4.79 Å². The Hall–Kier alpha value is -2.56. The lowest BCUT2D eigenvalue weighted by atomic mass is 10.1. The summed E-state index contributed by atoms with van der Waals surface area (Å²) >= 11 is 0. The molecule has 5 nitrogen and oxygen atoms in total. The third kappa shape index (κ3) is 2.88. The largest absolute Gasteiger partial charge is 0.465 e. The quantitative estimate of drug-likeness (QED) is 0.659. The number of nitrogens with zero attached hydrogens (tertiary/aromatic N) is 1. The fraction of sp³-hybridized carbons (Fsp3) is 0.200. The van der Waals surface area contributed by atoms with Gasteiger partial charge in [-0.15, -0.1) is 0 Å². The number of hydrogen-bond acceptors (Lipinski definition) is 5. The summed E-state index contributed by atoms with van der Waals surface area (Å²) in [6.45, 7) is 2.50. The molecule has 0 aliphatic heterocycles. The molecular weight excluding hydrogens is 254 g/mol. The molecule has 2 aromatic rings. The van der Waals surface area contributed by atoms with Gasteiger partial charge in [0.1, 0.15) is 11.4 Å². The molecule has 0 amide bonds. The molecule has 20 heavy (non-hydrogen) atoms. The third-order valence-corrected chi connectivity index (χ3v) is 3.15. The van der Waals surface area contributed by atoms with Crippen molar-refractivity contribution >= 4 is 17.5 Å². The minimum atomic E-state index is -0.412. The van der Waals surface area contributed by atoms with Crippen LogP contribution in [0.4, 0.5) is 11.5 Å². The van der Waals surface area contributed by atoms with Crippen molar-refractivity contribution in [1.29, 1.82) is 0 Å². The van der Waals surface area contributed by atoms with Crippen molar-refractivity contribution in [3.8, 4) is 0 Å². The first-order valence-corrected chi connectivity index (χ1v) is 6.24. The van der Waals surface area contributed by atoms with E-state index >= 15 is 0 Å². The van der Waals surface area contributed by atoms with E-state index in [4.69, 9.17) is 10.5 Å². The molecule has 0 fully saturated rings. The van der Waals surface area contributed by atoms with Crippen molar-refractivity contribution in [2.75, 3.05) is 18.2 Å². The molecule has 0 atom stereocenters. The van der Waals surface area contributed by atoms with E-state index in [-0.39, 0.29) is 0 Å². The van der Waals surface area contributed by atoms with Gasteiger partial charge in [0.2, 0.25) is 0 Å². The zero-order valence-electron chi connectivity index (χ0n) is 11.5. The predicted octanol–water partition coefficient (Wildman–Crippen LogP) is 2.37. The van der Waals surface area contributed by atoms with Gasteiger partial charge in [0.25, 0.3) is 0 Å². The van der Waals surface area contributed by atoms with Crippen LogP contribution in [-0.4, -0.2) is 18.1 Å². The molecule has 1 aromatic carbocycles. The van der Waals surface area contributed by atoms with E-state index in [1.54, 1.807) is 18.3 Å². The first kappa shape index (κ1) is 13.9. The summed E-state index contributed by atoms with van der Waals surface area (Å²) in [6.07, 6.45) is 1.63. The summed E-state index contributed by atoms with van der Waals surface area (Å²) in [5.41, 5.74) is 9.12. The predicted molar refractivity (Wildman–Crippen MR) is 78.5 cm³/mol. The fourth-order valence-corrected chi connectivity index (χ4v) is 1.89. The van der Waals surface area contributed by atoms with Gasteiger partial charge in [0.05, 0.1) is 7.11 Å². The zero-order chi connectivity index (χ0) is 14.5. The Bertz CT molecular complexity index is 626. The summed E-state index contributed by atoms with van der Waals surface area (Å²) in [7, 11) is 1.35. The number of ether oxygens (including phenoxy) is 1. The van der Waals surface area contributed by atoms with Crippen LogP contribution in [0.25, 0.3) is 0 Å². The average Bonchev–Trinajstić information content (AvgIpc) is 2.48. The molecule has 0 aliphatic rings. The van der Waals surface area contributed by atoms with Gasteiger partial charge in [-0.3, -0.25) is 0 Å². The van der Waals surface area contributed by atoms with Crippen molar-refractivity contribution < 1.29 is 9.53 Å². The maximum Gasteiger partial charge on any atom is 0.341 e. The number of nitrogens with one attached hydrogen (secondary N) is 1. The van der Waals surface area contributed by atoms with Crippen molar-refractivity contribution in [1.82, 2.24) is 4.98 Å². The standard InChI is InChI=1S/C15H17N3O2/c1-10-11(5-3-7-13(10)16)9-18-14-12(15(19)20-2)6-4-8-17-14/h3-8H,9,16H2,1-2H3,(H,17,18). The Kier molecular flexibility index (Phi) is 4.20. The third-order valence-electron chi connectivity index (χ3n) is 3.15. The summed E-state index contributed by atoms with van der Waals surface area (Å²) in [4.78, 5) is 15.8. The van der Waals surface area contributed by atoms with Gasteiger partial charge in [0.15, 0.2) is 0 Å². The van der Waals surface area contributed by atoms with E-state index in [0.29, 0.717) is 17.9 Å². The maximum absolute atomic E-state index is 11.6. The van der Waals surface area contributed by atoms with Crippen molar-refractivity contribution in [2.45, 2.75) is 13.5 Å². The molecule has 0 radical (unpaired) electrons. The minimum absolute atomic E-state index is 0.412. The maximum atomic E-state index is 11.6. The summed E-state index contributed by atoms with van der Waals surface area (Å²) in [5, 5.41) is 3.15. The van der Waals surface area contributed by atoms with Gasteiger partial charge in [-0.25, -0.2) is 9.78 Å². The van der Waals surface area contributed by atoms with Crippen LogP contribution in [-0.2, 0) is 11.3 Å². The number of carbonyl (C=O) groups is 1. The smallest absolute Gasteiger partial charge is 0.341 e. The molecule has 0 spiro atoms. The Labute approximate surface area is 117 Å². The number of nitrogens with two attached hydrogens (primary N) is 1. The van der Waals surface area contributed by atoms with Crippen LogP contribution in [0, 0.1) is 6.92 Å². The first-order valence-electron chi connectivity index (χ1n) is 6.24.